The van der Waals surface area contributed by atoms with Crippen LogP contribution in [0.25, 0.3) is 0 Å². The van der Waals surface area contributed by atoms with Crippen molar-refractivity contribution >= 4 is 17.6 Å². The van der Waals surface area contributed by atoms with Gasteiger partial charge < -0.3 is 15.3 Å². The molecule has 2 N–H and O–H groups in total. The van der Waals surface area contributed by atoms with Crippen molar-refractivity contribution in [1.82, 2.24) is 10.2 Å². The SMILES string of the molecule is CC(=O)C1=C(O)[C@@H](C(C)=O)[C@H]2NC(=O)N(C)[C@H]1[C@@H]2[N+](=O)[O-]. The van der Waals surface area contributed by atoms with E-state index in [1.807, 2.05) is 0 Å². The number of likely N-dealkylation sites (N-methyl/N-ethyl adjacent to an activating group) is 1. The molecule has 0 unspecified atom stereocenters. The van der Waals surface area contributed by atoms with Crippen molar-refractivity contribution in [1.29, 1.82) is 0 Å². The molecule has 0 radical (unpaired) electrons. The zero-order valence-corrected chi connectivity index (χ0v) is 11.7. The van der Waals surface area contributed by atoms with E-state index in [4.69, 9.17) is 0 Å². The van der Waals surface area contributed by atoms with Crippen LogP contribution in [0.3, 0.4) is 0 Å². The number of aliphatic hydroxyl groups excluding tert-OH is 1. The highest BCUT2D eigenvalue weighted by Gasteiger charge is 2.59. The van der Waals surface area contributed by atoms with E-state index in [0.29, 0.717) is 0 Å². The lowest BCUT2D eigenvalue weighted by molar-refractivity contribution is -0.535. The van der Waals surface area contributed by atoms with E-state index in [2.05, 4.69) is 5.32 Å². The second-order valence-electron chi connectivity index (χ2n) is 5.25. The number of carbonyl (C=O) groups excluding carboxylic acids is 3. The average molecular weight is 297 g/mol. The van der Waals surface area contributed by atoms with Crippen LogP contribution < -0.4 is 5.32 Å². The van der Waals surface area contributed by atoms with Gasteiger partial charge in [-0.15, -0.1) is 0 Å². The molecule has 2 bridgehead atoms. The molecule has 1 heterocycles. The van der Waals surface area contributed by atoms with Crippen LogP contribution in [-0.2, 0) is 9.59 Å². The first kappa shape index (κ1) is 14.9. The standard InChI is InChI=1S/C12H15N3O6/c1-4(16)6-8-10(15(20)21)9(14(3)12(19)13-8)7(5(2)17)11(6)18/h6,8-10,18H,1-3H3,(H,13,19)/t6-,8+,9+,10+/m0/s1. The molecule has 2 rings (SSSR count). The van der Waals surface area contributed by atoms with Crippen molar-refractivity contribution in [2.24, 2.45) is 5.92 Å². The normalized spacial score (nSPS) is 31.8. The predicted molar refractivity (Wildman–Crippen MR) is 69.2 cm³/mol. The zero-order chi connectivity index (χ0) is 16.1. The minimum absolute atomic E-state index is 0.245. The minimum Gasteiger partial charge on any atom is -0.511 e. The highest BCUT2D eigenvalue weighted by atomic mass is 16.6. The molecule has 2 amide bonds. The molecule has 0 spiro atoms. The number of fused-ring (bicyclic) bond motifs is 2. The van der Waals surface area contributed by atoms with Gasteiger partial charge in [0, 0.05) is 12.0 Å². The largest absolute Gasteiger partial charge is 0.511 e. The first-order valence-electron chi connectivity index (χ1n) is 6.29. The predicted octanol–water partition coefficient (Wildman–Crippen LogP) is -0.356. The lowest BCUT2D eigenvalue weighted by atomic mass is 9.73. The Morgan fingerprint density at radius 3 is 2.38 bits per heavy atom. The molecule has 114 valence electrons. The Hall–Kier alpha value is -2.45. The summed E-state index contributed by atoms with van der Waals surface area (Å²) < 4.78 is 0. The van der Waals surface area contributed by atoms with Crippen LogP contribution in [0, 0.1) is 16.0 Å². The van der Waals surface area contributed by atoms with Crippen LogP contribution in [-0.4, -0.2) is 57.7 Å². The smallest absolute Gasteiger partial charge is 0.318 e. The van der Waals surface area contributed by atoms with Gasteiger partial charge in [0.15, 0.2) is 5.78 Å². The van der Waals surface area contributed by atoms with Crippen molar-refractivity contribution in [3.8, 4) is 0 Å². The van der Waals surface area contributed by atoms with Gasteiger partial charge in [-0.2, -0.15) is 0 Å². The zero-order valence-electron chi connectivity index (χ0n) is 11.7. The van der Waals surface area contributed by atoms with Gasteiger partial charge in [0.2, 0.25) is 0 Å². The third-order valence-corrected chi connectivity index (χ3v) is 4.01. The molecule has 1 saturated heterocycles. The number of Topliss-reactive ketones (excluding diaryl/α,β-unsaturated/α-hetero) is 2. The van der Waals surface area contributed by atoms with E-state index in [-0.39, 0.29) is 5.57 Å². The second-order valence-corrected chi connectivity index (χ2v) is 5.25. The molecule has 1 aliphatic carbocycles. The van der Waals surface area contributed by atoms with Gasteiger partial charge in [-0.1, -0.05) is 0 Å². The minimum atomic E-state index is -1.38. The van der Waals surface area contributed by atoms with Gasteiger partial charge in [-0.25, -0.2) is 4.79 Å². The fourth-order valence-corrected chi connectivity index (χ4v) is 3.10. The van der Waals surface area contributed by atoms with Gasteiger partial charge in [0.25, 0.3) is 6.04 Å². The van der Waals surface area contributed by atoms with Crippen molar-refractivity contribution < 1.29 is 24.4 Å². The quantitative estimate of drug-likeness (QED) is 0.540. The third-order valence-electron chi connectivity index (χ3n) is 4.01. The Bertz CT molecular complexity index is 584. The fraction of sp³-hybridized carbons (Fsp3) is 0.583. The maximum Gasteiger partial charge on any atom is 0.318 e. The van der Waals surface area contributed by atoms with Crippen molar-refractivity contribution in [3.05, 3.63) is 21.4 Å². The number of hydrogen-bond donors (Lipinski definition) is 2. The molecule has 0 aromatic rings. The van der Waals surface area contributed by atoms with Crippen LogP contribution in [0.4, 0.5) is 4.79 Å². The number of urea groups is 1. The van der Waals surface area contributed by atoms with Gasteiger partial charge in [-0.3, -0.25) is 19.7 Å². The van der Waals surface area contributed by atoms with E-state index < -0.39 is 52.3 Å². The van der Waals surface area contributed by atoms with Crippen molar-refractivity contribution in [2.45, 2.75) is 32.0 Å². The van der Waals surface area contributed by atoms with Gasteiger partial charge in [0.1, 0.15) is 29.5 Å². The van der Waals surface area contributed by atoms with Crippen LogP contribution in [0.1, 0.15) is 13.8 Å². The Morgan fingerprint density at radius 1 is 1.38 bits per heavy atom. The number of carbonyl (C=O) groups is 3. The number of hydrogen-bond acceptors (Lipinski definition) is 6. The van der Waals surface area contributed by atoms with Crippen LogP contribution in [0.2, 0.25) is 0 Å². The number of rotatable bonds is 3. The average Bonchev–Trinajstić information content (AvgIpc) is 2.33. The number of nitrogens with one attached hydrogen (secondary N) is 1. The molecule has 4 atom stereocenters. The van der Waals surface area contributed by atoms with E-state index in [1.165, 1.54) is 7.05 Å². The summed E-state index contributed by atoms with van der Waals surface area (Å²) in [5.74, 6) is -2.93. The van der Waals surface area contributed by atoms with Crippen LogP contribution in [0.15, 0.2) is 11.3 Å². The summed E-state index contributed by atoms with van der Waals surface area (Å²) in [6, 6.07) is -4.36. The second kappa shape index (κ2) is 4.83. The van der Waals surface area contributed by atoms with Crippen molar-refractivity contribution in [2.75, 3.05) is 7.05 Å². The highest BCUT2D eigenvalue weighted by Crippen LogP contribution is 2.37. The first-order valence-corrected chi connectivity index (χ1v) is 6.29. The first-order chi connectivity index (χ1) is 9.68. The molecule has 1 aliphatic heterocycles. The lowest BCUT2D eigenvalue weighted by Gasteiger charge is -2.45. The van der Waals surface area contributed by atoms with E-state index in [1.54, 1.807) is 0 Å². The number of ketones is 2. The topological polar surface area (TPSA) is 130 Å². The summed E-state index contributed by atoms with van der Waals surface area (Å²) in [5.41, 5.74) is -0.245. The van der Waals surface area contributed by atoms with Gasteiger partial charge >= 0.3 is 6.03 Å². The molecule has 9 heteroatoms. The summed E-state index contributed by atoms with van der Waals surface area (Å²) in [6.45, 7) is 2.29. The van der Waals surface area contributed by atoms with E-state index >= 15 is 0 Å². The van der Waals surface area contributed by atoms with E-state index in [0.717, 1.165) is 18.7 Å². The molecule has 21 heavy (non-hydrogen) atoms. The molecule has 1 fully saturated rings. The highest BCUT2D eigenvalue weighted by molar-refractivity contribution is 5.99. The van der Waals surface area contributed by atoms with Gasteiger partial charge in [0.05, 0.1) is 5.57 Å². The van der Waals surface area contributed by atoms with E-state index in [9.17, 15) is 29.6 Å². The Morgan fingerprint density at radius 2 is 1.95 bits per heavy atom. The molecule has 0 saturated carbocycles. The summed E-state index contributed by atoms with van der Waals surface area (Å²) in [7, 11) is 1.30. The van der Waals surface area contributed by atoms with Crippen molar-refractivity contribution in [3.63, 3.8) is 0 Å². The number of nitro groups is 1. The Balaban J connectivity index is 2.72. The Labute approximate surface area is 119 Å². The number of nitrogens with zero attached hydrogens (tertiary/aromatic N) is 2. The summed E-state index contributed by atoms with van der Waals surface area (Å²) in [6.07, 6.45) is 0. The molecule has 0 aromatic heterocycles. The lowest BCUT2D eigenvalue weighted by Crippen LogP contribution is -2.71. The maximum atomic E-state index is 11.9. The molecule has 2 aliphatic rings. The summed E-state index contributed by atoms with van der Waals surface area (Å²) in [4.78, 5) is 47.2. The number of amides is 2. The fourth-order valence-electron chi connectivity index (χ4n) is 3.10. The van der Waals surface area contributed by atoms with Crippen LogP contribution >= 0.6 is 0 Å². The monoisotopic (exact) mass is 297 g/mol. The maximum absolute atomic E-state index is 11.9. The number of aliphatic hydroxyl groups is 1. The molecule has 0 aromatic carbocycles. The molecule has 9 nitrogen and oxygen atoms in total. The summed E-state index contributed by atoms with van der Waals surface area (Å²) in [5, 5.41) is 23.9. The summed E-state index contributed by atoms with van der Waals surface area (Å²) >= 11 is 0. The van der Waals surface area contributed by atoms with Crippen LogP contribution in [0.5, 0.6) is 0 Å². The third kappa shape index (κ3) is 2.05. The molecular formula is C12H15N3O6. The Kier molecular flexibility index (Phi) is 3.44. The van der Waals surface area contributed by atoms with Gasteiger partial charge in [-0.05, 0) is 13.8 Å². The molecular weight excluding hydrogens is 282 g/mol.